The Morgan fingerprint density at radius 3 is 2.43 bits per heavy atom. The minimum absolute atomic E-state index is 0.145. The zero-order valence-electron chi connectivity index (χ0n) is 16.0. The highest BCUT2D eigenvalue weighted by atomic mass is 35.5. The molecule has 1 aliphatic carbocycles. The van der Waals surface area contributed by atoms with Gasteiger partial charge in [-0.15, -0.1) is 0 Å². The van der Waals surface area contributed by atoms with Gasteiger partial charge in [-0.1, -0.05) is 47.5 Å². The number of amides is 2. The number of benzene rings is 2. The molecule has 0 saturated carbocycles. The molecule has 148 valence electrons. The molecule has 0 aromatic heterocycles. The Hall–Kier alpha value is -2.04. The maximum absolute atomic E-state index is 12.5. The maximum Gasteiger partial charge on any atom is 0.253 e. The first-order valence-corrected chi connectivity index (χ1v) is 10.3. The largest absolute Gasteiger partial charge is 0.348 e. The van der Waals surface area contributed by atoms with Crippen LogP contribution in [0, 0.1) is 0 Å². The van der Waals surface area contributed by atoms with Gasteiger partial charge in [-0.3, -0.25) is 9.59 Å². The normalized spacial score (nSPS) is 15.3. The summed E-state index contributed by atoms with van der Waals surface area (Å²) in [4.78, 5) is 25.0. The van der Waals surface area contributed by atoms with Crippen LogP contribution in [0.4, 0.5) is 0 Å². The van der Waals surface area contributed by atoms with Crippen molar-refractivity contribution in [2.45, 2.75) is 51.6 Å². The fourth-order valence-electron chi connectivity index (χ4n) is 3.46. The molecule has 2 amide bonds. The van der Waals surface area contributed by atoms with E-state index in [1.165, 1.54) is 24.0 Å². The van der Waals surface area contributed by atoms with Crippen LogP contribution >= 0.6 is 23.2 Å². The van der Waals surface area contributed by atoms with Crippen molar-refractivity contribution in [3.8, 4) is 0 Å². The first-order chi connectivity index (χ1) is 13.4. The Kier molecular flexibility index (Phi) is 6.63. The lowest BCUT2D eigenvalue weighted by Crippen LogP contribution is -2.45. The molecule has 0 fully saturated rings. The topological polar surface area (TPSA) is 58.2 Å². The highest BCUT2D eigenvalue weighted by molar-refractivity contribution is 6.43. The summed E-state index contributed by atoms with van der Waals surface area (Å²) in [5.41, 5.74) is 4.11. The standard InChI is InChI=1S/C22H24Cl2N2O2/c1-13(16-11-10-15-6-3-4-7-17(15)12-16)25-21(27)14(2)26-22(28)18-8-5-9-19(23)20(18)24/h5,8-14H,3-4,6-7H2,1-2H3,(H,25,27)(H,26,28). The van der Waals surface area contributed by atoms with Crippen LogP contribution in [0.3, 0.4) is 0 Å². The molecule has 0 spiro atoms. The lowest BCUT2D eigenvalue weighted by molar-refractivity contribution is -0.123. The second kappa shape index (κ2) is 8.97. The molecule has 0 saturated heterocycles. The molecule has 0 bridgehead atoms. The van der Waals surface area contributed by atoms with Gasteiger partial charge in [-0.25, -0.2) is 0 Å². The zero-order chi connectivity index (χ0) is 20.3. The number of rotatable bonds is 5. The summed E-state index contributed by atoms with van der Waals surface area (Å²) in [6.07, 6.45) is 4.68. The van der Waals surface area contributed by atoms with Crippen LogP contribution in [0.15, 0.2) is 36.4 Å². The van der Waals surface area contributed by atoms with E-state index in [9.17, 15) is 9.59 Å². The predicted octanol–water partition coefficient (Wildman–Crippen LogP) is 4.87. The third-order valence-corrected chi connectivity index (χ3v) is 5.99. The highest BCUT2D eigenvalue weighted by Gasteiger charge is 2.21. The monoisotopic (exact) mass is 418 g/mol. The van der Waals surface area contributed by atoms with Gasteiger partial charge in [0.2, 0.25) is 5.91 Å². The second-order valence-corrected chi connectivity index (χ2v) is 8.05. The van der Waals surface area contributed by atoms with Gasteiger partial charge in [0.1, 0.15) is 6.04 Å². The van der Waals surface area contributed by atoms with Crippen LogP contribution in [0.5, 0.6) is 0 Å². The number of halogens is 2. The van der Waals surface area contributed by atoms with Crippen molar-refractivity contribution in [1.82, 2.24) is 10.6 Å². The molecule has 1 aliphatic rings. The summed E-state index contributed by atoms with van der Waals surface area (Å²) in [6, 6.07) is 10.4. The van der Waals surface area contributed by atoms with Crippen LogP contribution in [0.1, 0.15) is 59.8 Å². The van der Waals surface area contributed by atoms with Crippen LogP contribution in [0.25, 0.3) is 0 Å². The Labute approximate surface area is 175 Å². The fourth-order valence-corrected chi connectivity index (χ4v) is 3.85. The van der Waals surface area contributed by atoms with Crippen molar-refractivity contribution in [2.24, 2.45) is 0 Å². The van der Waals surface area contributed by atoms with Crippen molar-refractivity contribution >= 4 is 35.0 Å². The Bertz CT molecular complexity index is 898. The minimum Gasteiger partial charge on any atom is -0.348 e. The van der Waals surface area contributed by atoms with Crippen molar-refractivity contribution in [3.05, 3.63) is 68.7 Å². The highest BCUT2D eigenvalue weighted by Crippen LogP contribution is 2.26. The van der Waals surface area contributed by atoms with E-state index in [-0.39, 0.29) is 22.5 Å². The van der Waals surface area contributed by atoms with Gasteiger partial charge in [0.15, 0.2) is 0 Å². The first kappa shape index (κ1) is 20.7. The lowest BCUT2D eigenvalue weighted by Gasteiger charge is -2.22. The van der Waals surface area contributed by atoms with E-state index >= 15 is 0 Å². The van der Waals surface area contributed by atoms with E-state index in [0.29, 0.717) is 5.02 Å². The molecule has 4 nitrogen and oxygen atoms in total. The number of fused-ring (bicyclic) bond motifs is 1. The number of hydrogen-bond donors (Lipinski definition) is 2. The van der Waals surface area contributed by atoms with Gasteiger partial charge < -0.3 is 10.6 Å². The van der Waals surface area contributed by atoms with E-state index in [0.717, 1.165) is 18.4 Å². The van der Waals surface area contributed by atoms with Crippen LogP contribution in [-0.2, 0) is 17.6 Å². The molecule has 2 aromatic carbocycles. The molecule has 0 radical (unpaired) electrons. The summed E-state index contributed by atoms with van der Waals surface area (Å²) in [5, 5.41) is 6.13. The van der Waals surface area contributed by atoms with Gasteiger partial charge in [-0.2, -0.15) is 0 Å². The average molecular weight is 419 g/mol. The van der Waals surface area contributed by atoms with Gasteiger partial charge in [0.25, 0.3) is 5.91 Å². The second-order valence-electron chi connectivity index (χ2n) is 7.26. The van der Waals surface area contributed by atoms with Crippen molar-refractivity contribution in [3.63, 3.8) is 0 Å². The average Bonchev–Trinajstić information content (AvgIpc) is 2.69. The Morgan fingerprint density at radius 1 is 0.964 bits per heavy atom. The Balaban J connectivity index is 1.62. The molecule has 28 heavy (non-hydrogen) atoms. The number of nitrogens with one attached hydrogen (secondary N) is 2. The molecule has 2 N–H and O–H groups in total. The summed E-state index contributed by atoms with van der Waals surface area (Å²) < 4.78 is 0. The van der Waals surface area contributed by atoms with E-state index in [2.05, 4.69) is 28.8 Å². The van der Waals surface area contributed by atoms with Gasteiger partial charge in [-0.05, 0) is 68.4 Å². The zero-order valence-corrected chi connectivity index (χ0v) is 17.5. The molecular formula is C22H24Cl2N2O2. The van der Waals surface area contributed by atoms with Gasteiger partial charge in [0.05, 0.1) is 21.7 Å². The summed E-state index contributed by atoms with van der Waals surface area (Å²) in [5.74, 6) is -0.687. The number of carbonyl (C=O) groups excluding carboxylic acids is 2. The summed E-state index contributed by atoms with van der Waals surface area (Å²) in [6.45, 7) is 3.59. The molecular weight excluding hydrogens is 395 g/mol. The number of aryl methyl sites for hydroxylation is 2. The Morgan fingerprint density at radius 2 is 1.68 bits per heavy atom. The summed E-state index contributed by atoms with van der Waals surface area (Å²) in [7, 11) is 0. The van der Waals surface area contributed by atoms with Crippen LogP contribution < -0.4 is 10.6 Å². The van der Waals surface area contributed by atoms with E-state index in [1.807, 2.05) is 6.92 Å². The minimum atomic E-state index is -0.706. The van der Waals surface area contributed by atoms with E-state index in [1.54, 1.807) is 25.1 Å². The molecule has 2 aromatic rings. The predicted molar refractivity (Wildman–Crippen MR) is 113 cm³/mol. The third kappa shape index (κ3) is 4.68. The van der Waals surface area contributed by atoms with Crippen molar-refractivity contribution in [2.75, 3.05) is 0 Å². The van der Waals surface area contributed by atoms with Crippen molar-refractivity contribution < 1.29 is 9.59 Å². The van der Waals surface area contributed by atoms with E-state index < -0.39 is 11.9 Å². The third-order valence-electron chi connectivity index (χ3n) is 5.17. The fraction of sp³-hybridized carbons (Fsp3) is 0.364. The van der Waals surface area contributed by atoms with E-state index in [4.69, 9.17) is 23.2 Å². The maximum atomic E-state index is 12.5. The molecule has 0 heterocycles. The SMILES string of the molecule is CC(NC(=O)c1cccc(Cl)c1Cl)C(=O)NC(C)c1ccc2c(c1)CCCC2. The summed E-state index contributed by atoms with van der Waals surface area (Å²) >= 11 is 12.0. The lowest BCUT2D eigenvalue weighted by atomic mass is 9.89. The van der Waals surface area contributed by atoms with Gasteiger partial charge in [0, 0.05) is 0 Å². The molecule has 6 heteroatoms. The van der Waals surface area contributed by atoms with Gasteiger partial charge >= 0.3 is 0 Å². The first-order valence-electron chi connectivity index (χ1n) is 9.53. The molecule has 3 rings (SSSR count). The molecule has 2 atom stereocenters. The molecule has 0 aliphatic heterocycles. The number of carbonyl (C=O) groups is 2. The molecule has 2 unspecified atom stereocenters. The smallest absolute Gasteiger partial charge is 0.253 e. The van der Waals surface area contributed by atoms with Crippen LogP contribution in [0.2, 0.25) is 10.0 Å². The quantitative estimate of drug-likeness (QED) is 0.727. The van der Waals surface area contributed by atoms with Crippen molar-refractivity contribution in [1.29, 1.82) is 0 Å². The van der Waals surface area contributed by atoms with Crippen LogP contribution in [-0.4, -0.2) is 17.9 Å². The number of hydrogen-bond acceptors (Lipinski definition) is 2.